The molecule has 2 aromatic carbocycles. The summed E-state index contributed by atoms with van der Waals surface area (Å²) in [4.78, 5) is 2.67. The lowest BCUT2D eigenvalue weighted by Crippen LogP contribution is -2.45. The number of nitrogens with zero attached hydrogens (tertiary/aromatic N) is 3. The van der Waals surface area contributed by atoms with Crippen LogP contribution in [-0.4, -0.2) is 46.7 Å². The Morgan fingerprint density at radius 3 is 1.78 bits per heavy atom. The van der Waals surface area contributed by atoms with E-state index in [9.17, 15) is 0 Å². The predicted molar refractivity (Wildman–Crippen MR) is 192 cm³/mol. The van der Waals surface area contributed by atoms with Crippen LogP contribution in [0.2, 0.25) is 0 Å². The van der Waals surface area contributed by atoms with Gasteiger partial charge < -0.3 is 28.7 Å². The zero-order valence-corrected chi connectivity index (χ0v) is 29.8. The molecule has 51 heavy (non-hydrogen) atoms. The van der Waals surface area contributed by atoms with Crippen LogP contribution in [0.3, 0.4) is 0 Å². The number of piperidine rings is 2. The second-order valence-electron chi connectivity index (χ2n) is 16.4. The van der Waals surface area contributed by atoms with Crippen molar-refractivity contribution < 1.29 is 22.9 Å². The molecular weight excluding hydrogens is 643 g/mol. The first-order valence-corrected chi connectivity index (χ1v) is 19.6. The van der Waals surface area contributed by atoms with Gasteiger partial charge in [0.15, 0.2) is 0 Å². The van der Waals surface area contributed by atoms with Crippen LogP contribution >= 0.6 is 0 Å². The van der Waals surface area contributed by atoms with Crippen LogP contribution in [0.4, 0.5) is 10.1 Å². The molecule has 1 N–H and O–H groups in total. The number of aromatic nitrogens is 2. The molecule has 4 saturated heterocycles. The van der Waals surface area contributed by atoms with Crippen molar-refractivity contribution in [3.05, 3.63) is 76.0 Å². The first-order chi connectivity index (χ1) is 25.0. The van der Waals surface area contributed by atoms with Gasteiger partial charge in [-0.05, 0) is 114 Å². The average molecular weight is 693 g/mol. The zero-order chi connectivity index (χ0) is 34.2. The number of rotatable bonds is 11. The highest BCUT2D eigenvalue weighted by Gasteiger charge is 2.44. The van der Waals surface area contributed by atoms with Gasteiger partial charge in [0.25, 0.3) is 0 Å². The van der Waals surface area contributed by atoms with Crippen LogP contribution < -0.4 is 10.2 Å². The van der Waals surface area contributed by atoms with Crippen LogP contribution in [0.5, 0.6) is 0 Å². The van der Waals surface area contributed by atoms with Crippen molar-refractivity contribution in [2.75, 3.05) is 4.90 Å². The summed E-state index contributed by atoms with van der Waals surface area (Å²) in [5, 5.41) is 13.0. The van der Waals surface area contributed by atoms with Gasteiger partial charge in [0.05, 0.1) is 25.4 Å². The third-order valence-electron chi connectivity index (χ3n) is 12.8. The van der Waals surface area contributed by atoms with Gasteiger partial charge in [-0.15, -0.1) is 0 Å². The number of nitrogens with one attached hydrogen (secondary N) is 1. The molecule has 4 aliphatic heterocycles. The van der Waals surface area contributed by atoms with E-state index in [1.807, 2.05) is 13.0 Å². The SMILES string of the molecule is Cc1cccc(F)c1-c1noc(C2CC2)c1COC1CC2CC[C@@H](C1)N2c1cccc(C)c1-c1noc(C2CC2)c1COC1CC2CC[C@@H](C1)N2. The van der Waals surface area contributed by atoms with E-state index in [-0.39, 0.29) is 18.0 Å². The first-order valence-electron chi connectivity index (χ1n) is 19.6. The number of anilines is 1. The number of ether oxygens (including phenoxy) is 2. The Labute approximate surface area is 299 Å². The molecule has 4 unspecified atom stereocenters. The van der Waals surface area contributed by atoms with Gasteiger partial charge in [-0.2, -0.15) is 0 Å². The molecule has 9 heteroatoms. The molecule has 6 atom stereocenters. The van der Waals surface area contributed by atoms with E-state index in [0.717, 1.165) is 98.1 Å². The molecule has 0 amide bonds. The molecule has 4 aromatic rings. The molecule has 2 saturated carbocycles. The smallest absolute Gasteiger partial charge is 0.145 e. The van der Waals surface area contributed by atoms with E-state index in [4.69, 9.17) is 23.7 Å². The molecule has 6 fully saturated rings. The molecule has 10 rings (SSSR count). The van der Waals surface area contributed by atoms with Crippen molar-refractivity contribution in [1.82, 2.24) is 15.6 Å². The maximum atomic E-state index is 15.1. The Morgan fingerprint density at radius 2 is 1.22 bits per heavy atom. The summed E-state index contributed by atoms with van der Waals surface area (Å²) in [6.45, 7) is 5.10. The fraction of sp³-hybridized carbons (Fsp3) is 0.571. The molecule has 2 aliphatic carbocycles. The van der Waals surface area contributed by atoms with Crippen molar-refractivity contribution in [2.24, 2.45) is 0 Å². The summed E-state index contributed by atoms with van der Waals surface area (Å²) in [7, 11) is 0. The lowest BCUT2D eigenvalue weighted by molar-refractivity contribution is 0.00876. The highest BCUT2D eigenvalue weighted by Crippen LogP contribution is 2.50. The van der Waals surface area contributed by atoms with E-state index in [0.29, 0.717) is 60.5 Å². The molecule has 2 aromatic heterocycles. The normalized spacial score (nSPS) is 28.6. The highest BCUT2D eigenvalue weighted by molar-refractivity contribution is 5.82. The molecule has 0 spiro atoms. The number of aryl methyl sites for hydroxylation is 2. The third-order valence-corrected chi connectivity index (χ3v) is 12.8. The summed E-state index contributed by atoms with van der Waals surface area (Å²) < 4.78 is 40.7. The standard InChI is InChI=1S/C42H49FN4O4/c1-23-5-3-7-35(43)37(23)39-33(41(50-45-39)25-9-10-25)21-49-32-19-29-15-16-30(20-32)47(29)36-8-4-6-24(2)38(36)40-34(42(51-46-40)26-11-12-26)22-48-31-17-27-13-14-28(18-31)44-27/h3-8,25-32,44H,9-22H2,1-2H3/t27-,28?,29-,30?,31?,32?/m0/s1. The fourth-order valence-corrected chi connectivity index (χ4v) is 9.96. The Morgan fingerprint density at radius 1 is 0.686 bits per heavy atom. The van der Waals surface area contributed by atoms with Crippen LogP contribution in [0.25, 0.3) is 22.5 Å². The zero-order valence-electron chi connectivity index (χ0n) is 29.8. The van der Waals surface area contributed by atoms with E-state index in [2.05, 4.69) is 40.5 Å². The lowest BCUT2D eigenvalue weighted by atomic mass is 9.93. The van der Waals surface area contributed by atoms with Crippen molar-refractivity contribution in [3.8, 4) is 22.5 Å². The maximum Gasteiger partial charge on any atom is 0.145 e. The van der Waals surface area contributed by atoms with Crippen molar-refractivity contribution >= 4 is 5.69 Å². The minimum absolute atomic E-state index is 0.112. The second kappa shape index (κ2) is 12.8. The largest absolute Gasteiger partial charge is 0.373 e. The molecule has 268 valence electrons. The predicted octanol–water partition coefficient (Wildman–Crippen LogP) is 9.02. The van der Waals surface area contributed by atoms with E-state index >= 15 is 4.39 Å². The molecular formula is C42H49FN4O4. The average Bonchev–Trinajstić information content (AvgIpc) is 4.02. The lowest BCUT2D eigenvalue weighted by Gasteiger charge is -2.41. The van der Waals surface area contributed by atoms with Crippen molar-refractivity contribution in [1.29, 1.82) is 0 Å². The van der Waals surface area contributed by atoms with Crippen LogP contribution in [0.15, 0.2) is 45.4 Å². The third kappa shape index (κ3) is 5.93. The number of benzene rings is 2. The van der Waals surface area contributed by atoms with Crippen LogP contribution in [0.1, 0.15) is 123 Å². The summed E-state index contributed by atoms with van der Waals surface area (Å²) in [5.41, 5.74) is 8.70. The summed E-state index contributed by atoms with van der Waals surface area (Å²) in [5.74, 6) is 2.46. The Bertz CT molecular complexity index is 1880. The minimum Gasteiger partial charge on any atom is -0.373 e. The molecule has 8 nitrogen and oxygen atoms in total. The first kappa shape index (κ1) is 32.1. The van der Waals surface area contributed by atoms with Gasteiger partial charge in [0, 0.05) is 63.9 Å². The molecule has 4 bridgehead atoms. The van der Waals surface area contributed by atoms with E-state index in [1.165, 1.54) is 35.7 Å². The highest BCUT2D eigenvalue weighted by atomic mass is 19.1. The minimum atomic E-state index is -0.267. The van der Waals surface area contributed by atoms with Gasteiger partial charge in [-0.3, -0.25) is 0 Å². The number of fused-ring (bicyclic) bond motifs is 4. The summed E-state index contributed by atoms with van der Waals surface area (Å²) in [6, 6.07) is 13.8. The molecule has 0 radical (unpaired) electrons. The van der Waals surface area contributed by atoms with Gasteiger partial charge in [-0.1, -0.05) is 34.6 Å². The maximum absolute atomic E-state index is 15.1. The van der Waals surface area contributed by atoms with Crippen LogP contribution in [-0.2, 0) is 22.7 Å². The van der Waals surface area contributed by atoms with Gasteiger partial charge in [0.2, 0.25) is 0 Å². The molecule has 6 aliphatic rings. The second-order valence-corrected chi connectivity index (χ2v) is 16.4. The quantitative estimate of drug-likeness (QED) is 0.167. The van der Waals surface area contributed by atoms with Gasteiger partial charge in [-0.25, -0.2) is 4.39 Å². The number of halogens is 1. The van der Waals surface area contributed by atoms with Gasteiger partial charge in [0.1, 0.15) is 28.7 Å². The van der Waals surface area contributed by atoms with Crippen LogP contribution in [0, 0.1) is 19.7 Å². The van der Waals surface area contributed by atoms with Gasteiger partial charge >= 0.3 is 0 Å². The van der Waals surface area contributed by atoms with E-state index in [1.54, 1.807) is 6.07 Å². The summed E-state index contributed by atoms with van der Waals surface area (Å²) in [6.07, 6.45) is 13.8. The fourth-order valence-electron chi connectivity index (χ4n) is 9.96. The monoisotopic (exact) mass is 692 g/mol. The Kier molecular flexibility index (Phi) is 8.10. The summed E-state index contributed by atoms with van der Waals surface area (Å²) >= 11 is 0. The Balaban J connectivity index is 0.897. The Hall–Kier alpha value is -3.53. The van der Waals surface area contributed by atoms with Crippen molar-refractivity contribution in [2.45, 2.75) is 152 Å². The number of hydrogen-bond acceptors (Lipinski definition) is 8. The van der Waals surface area contributed by atoms with Crippen molar-refractivity contribution in [3.63, 3.8) is 0 Å². The topological polar surface area (TPSA) is 85.8 Å². The van der Waals surface area contributed by atoms with E-state index < -0.39 is 0 Å². The number of hydrogen-bond donors (Lipinski definition) is 1. The molecule has 6 heterocycles.